The van der Waals surface area contributed by atoms with E-state index in [2.05, 4.69) is 0 Å². The van der Waals surface area contributed by atoms with Crippen LogP contribution >= 0.6 is 0 Å². The molecule has 0 radical (unpaired) electrons. The third kappa shape index (κ3) is 1.40. The van der Waals surface area contributed by atoms with Crippen molar-refractivity contribution in [2.75, 3.05) is 0 Å². The molecule has 0 atom stereocenters. The molecule has 1 amide bonds. The van der Waals surface area contributed by atoms with Crippen molar-refractivity contribution >= 4 is 5.91 Å². The lowest BCUT2D eigenvalue weighted by Gasteiger charge is -1.72. The summed E-state index contributed by atoms with van der Waals surface area (Å²) in [5.74, 6) is -1.02. The Hall–Kier alpha value is -0.930. The van der Waals surface area contributed by atoms with Crippen LogP contribution in [0, 0.1) is 10.1 Å². The van der Waals surface area contributed by atoms with E-state index in [1.807, 2.05) is 0 Å². The summed E-state index contributed by atoms with van der Waals surface area (Å²) in [6, 6.07) is 0. The van der Waals surface area contributed by atoms with Crippen LogP contribution < -0.4 is 0 Å². The number of hydrogen-bond donors (Lipinski definition) is 0. The lowest BCUT2D eigenvalue weighted by Crippen LogP contribution is -2.03. The molecule has 0 fully saturated rings. The van der Waals surface area contributed by atoms with Crippen molar-refractivity contribution in [2.45, 2.75) is 6.92 Å². The fraction of sp³-hybridized carbons (Fsp3) is 0.500. The van der Waals surface area contributed by atoms with Gasteiger partial charge < -0.3 is 0 Å². The van der Waals surface area contributed by atoms with E-state index in [1.165, 1.54) is 0 Å². The van der Waals surface area contributed by atoms with E-state index in [4.69, 9.17) is 10.1 Å². The molecule has 0 aliphatic rings. The molecule has 0 saturated carbocycles. The number of carbonyl (C=O) groups is 1. The Labute approximate surface area is 33.9 Å². The van der Waals surface area contributed by atoms with Gasteiger partial charge in [0.1, 0.15) is 4.92 Å². The third-order valence-electron chi connectivity index (χ3n) is 0.257. The quantitative estimate of drug-likeness (QED) is 0.305. The molecule has 0 heterocycles. The predicted octanol–water partition coefficient (Wildman–Crippen LogP) is -0.190. The van der Waals surface area contributed by atoms with Crippen molar-refractivity contribution in [3.05, 3.63) is 10.1 Å². The second-order valence-corrected chi connectivity index (χ2v) is 0.776. The molecule has 0 aromatic heterocycles. The van der Waals surface area contributed by atoms with Gasteiger partial charge in [0.15, 0.2) is 0 Å². The first-order chi connectivity index (χ1) is 2.64. The fourth-order valence-corrected chi connectivity index (χ4v) is 0. The van der Waals surface area contributed by atoms with Crippen LogP contribution in [0.5, 0.6) is 0 Å². The Kier molecular flexibility index (Phi) is 1.26. The zero-order valence-corrected chi connectivity index (χ0v) is 3.17. The first-order valence-electron chi connectivity index (χ1n) is 1.29. The molecule has 0 rings (SSSR count). The van der Waals surface area contributed by atoms with Crippen LogP contribution in [-0.4, -0.2) is 10.8 Å². The molecule has 0 unspecified atom stereocenters. The molecule has 34 valence electrons. The van der Waals surface area contributed by atoms with Gasteiger partial charge in [-0.1, -0.05) is 0 Å². The van der Waals surface area contributed by atoms with E-state index in [0.717, 1.165) is 6.92 Å². The van der Waals surface area contributed by atoms with E-state index in [9.17, 15) is 4.79 Å². The zero-order chi connectivity index (χ0) is 5.15. The topological polar surface area (TPSA) is 60.2 Å². The van der Waals surface area contributed by atoms with Crippen molar-refractivity contribution in [2.24, 2.45) is 0 Å². The highest BCUT2D eigenvalue weighted by molar-refractivity contribution is 5.63. The van der Waals surface area contributed by atoms with Crippen LogP contribution in [0.15, 0.2) is 0 Å². The predicted molar refractivity (Wildman–Crippen MR) is 17.7 cm³/mol. The maximum atomic E-state index is 9.44. The highest BCUT2D eigenvalue weighted by Crippen LogP contribution is 1.64. The van der Waals surface area contributed by atoms with Crippen molar-refractivity contribution in [3.63, 3.8) is 0 Å². The zero-order valence-electron chi connectivity index (χ0n) is 3.17. The molecule has 0 spiro atoms. The lowest BCUT2D eigenvalue weighted by atomic mass is 10.8. The van der Waals surface area contributed by atoms with E-state index < -0.39 is 10.8 Å². The van der Waals surface area contributed by atoms with Crippen LogP contribution in [-0.2, 0) is 4.79 Å². The van der Waals surface area contributed by atoms with Gasteiger partial charge in [-0.25, -0.2) is 4.79 Å². The van der Waals surface area contributed by atoms with Gasteiger partial charge in [0.05, 0.1) is 6.92 Å². The van der Waals surface area contributed by atoms with Gasteiger partial charge >= 0.3 is 5.91 Å². The van der Waals surface area contributed by atoms with Gasteiger partial charge in [0.2, 0.25) is 0 Å². The molecule has 6 heavy (non-hydrogen) atoms. The van der Waals surface area contributed by atoms with Crippen LogP contribution in [0.25, 0.3) is 0 Å². The standard InChI is InChI=1S/C2H3NO3/c1-2(4)3(5)6/h1H3. The Bertz CT molecular complexity index is 74.8. The van der Waals surface area contributed by atoms with Gasteiger partial charge in [0, 0.05) is 0 Å². The lowest BCUT2D eigenvalue weighted by molar-refractivity contribution is -0.399. The summed E-state index contributed by atoms with van der Waals surface area (Å²) in [4.78, 5) is 17.6. The van der Waals surface area contributed by atoms with Crippen molar-refractivity contribution < 1.29 is 9.72 Å². The monoisotopic (exact) mass is 89.0 g/mol. The minimum absolute atomic E-state index is 0.903. The van der Waals surface area contributed by atoms with Crippen LogP contribution in [0.4, 0.5) is 0 Å². The number of nitro groups is 1. The van der Waals surface area contributed by atoms with Crippen molar-refractivity contribution in [1.82, 2.24) is 0 Å². The summed E-state index contributed by atoms with van der Waals surface area (Å²) in [6.45, 7) is 0.903. The maximum Gasteiger partial charge on any atom is 0.441 e. The molecule has 4 heteroatoms. The first kappa shape index (κ1) is 5.07. The smallest absolute Gasteiger partial charge is 0.256 e. The molecule has 0 bridgehead atoms. The highest BCUT2D eigenvalue weighted by Gasteiger charge is 2.00. The maximum absolute atomic E-state index is 9.44. The third-order valence-corrected chi connectivity index (χ3v) is 0.257. The number of rotatable bonds is 0. The van der Waals surface area contributed by atoms with Gasteiger partial charge in [-0.05, 0) is 0 Å². The average Bonchev–Trinajstić information content (AvgIpc) is 1.36. The van der Waals surface area contributed by atoms with Crippen LogP contribution in [0.1, 0.15) is 6.92 Å². The van der Waals surface area contributed by atoms with E-state index in [-0.39, 0.29) is 0 Å². The Morgan fingerprint density at radius 3 is 2.00 bits per heavy atom. The molecule has 0 aromatic carbocycles. The first-order valence-corrected chi connectivity index (χ1v) is 1.29. The van der Waals surface area contributed by atoms with E-state index >= 15 is 0 Å². The molecule has 0 aliphatic heterocycles. The summed E-state index contributed by atoms with van der Waals surface area (Å²) in [7, 11) is 0. The molecular formula is C2H3NO3. The molecule has 0 N–H and O–H groups in total. The second-order valence-electron chi connectivity index (χ2n) is 0.776. The average molecular weight is 89.0 g/mol. The number of amides is 1. The molecule has 4 nitrogen and oxygen atoms in total. The van der Waals surface area contributed by atoms with Crippen LogP contribution in [0.2, 0.25) is 0 Å². The molecule has 0 aromatic rings. The second kappa shape index (κ2) is 1.49. The van der Waals surface area contributed by atoms with Gasteiger partial charge in [-0.15, -0.1) is 0 Å². The number of nitrogens with zero attached hydrogens (tertiary/aromatic N) is 1. The Balaban J connectivity index is 3.57. The summed E-state index contributed by atoms with van der Waals surface area (Å²) < 4.78 is 0. The largest absolute Gasteiger partial charge is 0.441 e. The normalized spacial score (nSPS) is 7.50. The summed E-state index contributed by atoms with van der Waals surface area (Å²) in [5.41, 5.74) is 0. The molecule has 0 aliphatic carbocycles. The molecule has 0 saturated heterocycles. The van der Waals surface area contributed by atoms with Gasteiger partial charge in [0.25, 0.3) is 0 Å². The van der Waals surface area contributed by atoms with Gasteiger partial charge in [-0.3, -0.25) is 10.1 Å². The fourth-order valence-electron chi connectivity index (χ4n) is 0. The minimum Gasteiger partial charge on any atom is -0.256 e. The van der Waals surface area contributed by atoms with E-state index in [0.29, 0.717) is 0 Å². The van der Waals surface area contributed by atoms with Crippen molar-refractivity contribution in [3.8, 4) is 0 Å². The van der Waals surface area contributed by atoms with E-state index in [1.54, 1.807) is 0 Å². The minimum atomic E-state index is -1.02. The SMILES string of the molecule is CC(=O)[N+](=O)[O-]. The summed E-state index contributed by atoms with van der Waals surface area (Å²) >= 11 is 0. The number of hydrogen-bond acceptors (Lipinski definition) is 3. The Morgan fingerprint density at radius 2 is 2.00 bits per heavy atom. The highest BCUT2D eigenvalue weighted by atomic mass is 16.6. The summed E-state index contributed by atoms with van der Waals surface area (Å²) in [5, 5.41) is 9.16. The van der Waals surface area contributed by atoms with Crippen molar-refractivity contribution in [1.29, 1.82) is 0 Å². The Morgan fingerprint density at radius 1 is 1.83 bits per heavy atom. The molecular weight excluding hydrogens is 86.0 g/mol. The van der Waals surface area contributed by atoms with Crippen LogP contribution in [0.3, 0.4) is 0 Å². The van der Waals surface area contributed by atoms with Gasteiger partial charge in [-0.2, -0.15) is 0 Å². The summed E-state index contributed by atoms with van der Waals surface area (Å²) in [6.07, 6.45) is 0. The number of carbonyl (C=O) groups excluding carboxylic acids is 1.